The molecule has 2 heteroatoms. The van der Waals surface area contributed by atoms with Gasteiger partial charge in [0.1, 0.15) is 0 Å². The summed E-state index contributed by atoms with van der Waals surface area (Å²) in [6.07, 6.45) is 8.66. The lowest BCUT2D eigenvalue weighted by molar-refractivity contribution is 0.468. The molecule has 58 valence electrons. The van der Waals surface area contributed by atoms with E-state index in [4.69, 9.17) is 11.5 Å². The van der Waals surface area contributed by atoms with Crippen LogP contribution in [0.5, 0.6) is 0 Å². The molecule has 0 aromatic heterocycles. The van der Waals surface area contributed by atoms with Crippen molar-refractivity contribution in [1.29, 1.82) is 0 Å². The van der Waals surface area contributed by atoms with Gasteiger partial charge in [-0.25, -0.2) is 0 Å². The fraction of sp³-hybridized carbons (Fsp3) is 0.750. The molecule has 0 aliphatic heterocycles. The van der Waals surface area contributed by atoms with Gasteiger partial charge in [-0.2, -0.15) is 0 Å². The highest BCUT2D eigenvalue weighted by Crippen LogP contribution is 2.09. The van der Waals surface area contributed by atoms with Gasteiger partial charge in [-0.15, -0.1) is 0 Å². The molecule has 0 saturated heterocycles. The predicted octanol–water partition coefficient (Wildman–Crippen LogP) is 0.771. The third kappa shape index (κ3) is 2.12. The lowest BCUT2D eigenvalue weighted by Gasteiger charge is -2.19. The Kier molecular flexibility index (Phi) is 2.90. The van der Waals surface area contributed by atoms with Crippen LogP contribution in [-0.2, 0) is 0 Å². The Morgan fingerprint density at radius 1 is 0.900 bits per heavy atom. The molecule has 1 aliphatic rings. The Morgan fingerprint density at radius 3 is 1.70 bits per heavy atom. The summed E-state index contributed by atoms with van der Waals surface area (Å²) in [7, 11) is 0. The first-order chi connectivity index (χ1) is 4.80. The van der Waals surface area contributed by atoms with E-state index in [-0.39, 0.29) is 12.1 Å². The minimum absolute atomic E-state index is 0.213. The monoisotopic (exact) mass is 140 g/mol. The van der Waals surface area contributed by atoms with Gasteiger partial charge in [-0.1, -0.05) is 12.2 Å². The summed E-state index contributed by atoms with van der Waals surface area (Å²) in [5, 5.41) is 0. The highest BCUT2D eigenvalue weighted by molar-refractivity contribution is 4.90. The molecule has 4 N–H and O–H groups in total. The fourth-order valence-corrected chi connectivity index (χ4v) is 1.24. The molecule has 1 aliphatic carbocycles. The largest absolute Gasteiger partial charge is 0.326 e. The Morgan fingerprint density at radius 2 is 1.30 bits per heavy atom. The molecule has 0 aromatic rings. The summed E-state index contributed by atoms with van der Waals surface area (Å²) >= 11 is 0. The molecule has 10 heavy (non-hydrogen) atoms. The van der Waals surface area contributed by atoms with Gasteiger partial charge in [0.2, 0.25) is 0 Å². The Hall–Kier alpha value is -0.340. The first-order valence-corrected chi connectivity index (χ1v) is 3.97. The van der Waals surface area contributed by atoms with Crippen molar-refractivity contribution in [2.45, 2.75) is 37.8 Å². The maximum absolute atomic E-state index is 5.79. The smallest absolute Gasteiger partial charge is 0.0195 e. The Balaban J connectivity index is 2.40. The summed E-state index contributed by atoms with van der Waals surface area (Å²) in [5.74, 6) is 0. The van der Waals surface area contributed by atoms with Crippen LogP contribution in [0.3, 0.4) is 0 Å². The fourth-order valence-electron chi connectivity index (χ4n) is 1.24. The molecule has 0 saturated carbocycles. The van der Waals surface area contributed by atoms with Crippen molar-refractivity contribution in [3.8, 4) is 0 Å². The second-order valence-electron chi connectivity index (χ2n) is 2.95. The minimum atomic E-state index is 0.213. The van der Waals surface area contributed by atoms with Crippen LogP contribution < -0.4 is 11.5 Å². The SMILES string of the molecule is NC1CCC=CCCC1N. The summed E-state index contributed by atoms with van der Waals surface area (Å²) in [5.41, 5.74) is 11.6. The van der Waals surface area contributed by atoms with Gasteiger partial charge in [-0.3, -0.25) is 0 Å². The number of allylic oxidation sites excluding steroid dienone is 2. The zero-order valence-corrected chi connectivity index (χ0v) is 6.29. The van der Waals surface area contributed by atoms with Crippen molar-refractivity contribution >= 4 is 0 Å². The van der Waals surface area contributed by atoms with Gasteiger partial charge in [0.05, 0.1) is 0 Å². The molecule has 2 atom stereocenters. The molecule has 2 nitrogen and oxygen atoms in total. The zero-order chi connectivity index (χ0) is 7.40. The Bertz CT molecular complexity index is 106. The summed E-state index contributed by atoms with van der Waals surface area (Å²) in [6, 6.07) is 0.426. The normalized spacial score (nSPS) is 35.0. The average Bonchev–Trinajstić information content (AvgIpc) is 1.92. The van der Waals surface area contributed by atoms with Crippen LogP contribution in [0.2, 0.25) is 0 Å². The van der Waals surface area contributed by atoms with Crippen molar-refractivity contribution in [2.75, 3.05) is 0 Å². The average molecular weight is 140 g/mol. The minimum Gasteiger partial charge on any atom is -0.326 e. The predicted molar refractivity (Wildman–Crippen MR) is 43.6 cm³/mol. The van der Waals surface area contributed by atoms with Crippen LogP contribution in [-0.4, -0.2) is 12.1 Å². The van der Waals surface area contributed by atoms with E-state index in [2.05, 4.69) is 12.2 Å². The van der Waals surface area contributed by atoms with Crippen LogP contribution in [0.15, 0.2) is 12.2 Å². The van der Waals surface area contributed by atoms with Gasteiger partial charge in [0, 0.05) is 12.1 Å². The summed E-state index contributed by atoms with van der Waals surface area (Å²) in [6.45, 7) is 0. The van der Waals surface area contributed by atoms with Crippen LogP contribution in [0, 0.1) is 0 Å². The maximum atomic E-state index is 5.79. The van der Waals surface area contributed by atoms with E-state index in [1.54, 1.807) is 0 Å². The van der Waals surface area contributed by atoms with E-state index in [0.29, 0.717) is 0 Å². The topological polar surface area (TPSA) is 52.0 Å². The quantitative estimate of drug-likeness (QED) is 0.488. The maximum Gasteiger partial charge on any atom is 0.0195 e. The van der Waals surface area contributed by atoms with Crippen LogP contribution >= 0.6 is 0 Å². The lowest BCUT2D eigenvalue weighted by atomic mass is 9.97. The highest BCUT2D eigenvalue weighted by Gasteiger charge is 2.12. The molecule has 2 unspecified atom stereocenters. The van der Waals surface area contributed by atoms with Crippen LogP contribution in [0.1, 0.15) is 25.7 Å². The van der Waals surface area contributed by atoms with E-state index in [9.17, 15) is 0 Å². The standard InChI is InChI=1S/C8H16N2/c9-7-5-3-1-2-4-6-8(7)10/h1-2,7-8H,3-6,9-10H2. The first-order valence-electron chi connectivity index (χ1n) is 3.97. The summed E-state index contributed by atoms with van der Waals surface area (Å²) in [4.78, 5) is 0. The van der Waals surface area contributed by atoms with Gasteiger partial charge >= 0.3 is 0 Å². The van der Waals surface area contributed by atoms with E-state index < -0.39 is 0 Å². The second kappa shape index (κ2) is 3.74. The van der Waals surface area contributed by atoms with Crippen molar-refractivity contribution < 1.29 is 0 Å². The van der Waals surface area contributed by atoms with Crippen molar-refractivity contribution in [2.24, 2.45) is 11.5 Å². The molecule has 0 amide bonds. The van der Waals surface area contributed by atoms with E-state index >= 15 is 0 Å². The third-order valence-corrected chi connectivity index (χ3v) is 2.05. The van der Waals surface area contributed by atoms with E-state index in [1.807, 2.05) is 0 Å². The molecule has 0 bridgehead atoms. The molecular weight excluding hydrogens is 124 g/mol. The van der Waals surface area contributed by atoms with Gasteiger partial charge in [0.15, 0.2) is 0 Å². The molecule has 0 heterocycles. The lowest BCUT2D eigenvalue weighted by Crippen LogP contribution is -2.41. The molecule has 0 fully saturated rings. The van der Waals surface area contributed by atoms with E-state index in [0.717, 1.165) is 25.7 Å². The van der Waals surface area contributed by atoms with E-state index in [1.165, 1.54) is 0 Å². The number of nitrogens with two attached hydrogens (primary N) is 2. The van der Waals surface area contributed by atoms with Gasteiger partial charge < -0.3 is 11.5 Å². The third-order valence-electron chi connectivity index (χ3n) is 2.05. The molecule has 0 spiro atoms. The molecule has 0 aromatic carbocycles. The van der Waals surface area contributed by atoms with Gasteiger partial charge in [-0.05, 0) is 25.7 Å². The van der Waals surface area contributed by atoms with Crippen molar-refractivity contribution in [3.63, 3.8) is 0 Å². The zero-order valence-electron chi connectivity index (χ0n) is 6.29. The molecular formula is C8H16N2. The van der Waals surface area contributed by atoms with Crippen molar-refractivity contribution in [1.82, 2.24) is 0 Å². The van der Waals surface area contributed by atoms with Crippen LogP contribution in [0.4, 0.5) is 0 Å². The van der Waals surface area contributed by atoms with Crippen LogP contribution in [0.25, 0.3) is 0 Å². The number of hydrogen-bond donors (Lipinski definition) is 2. The highest BCUT2D eigenvalue weighted by atomic mass is 14.8. The molecule has 1 rings (SSSR count). The number of rotatable bonds is 0. The second-order valence-corrected chi connectivity index (χ2v) is 2.95. The van der Waals surface area contributed by atoms with Gasteiger partial charge in [0.25, 0.3) is 0 Å². The summed E-state index contributed by atoms with van der Waals surface area (Å²) < 4.78 is 0. The number of hydrogen-bond acceptors (Lipinski definition) is 2. The first kappa shape index (κ1) is 7.76. The van der Waals surface area contributed by atoms with Crippen molar-refractivity contribution in [3.05, 3.63) is 12.2 Å². The molecule has 0 radical (unpaired) electrons. The Labute approximate surface area is 62.3 Å².